The van der Waals surface area contributed by atoms with E-state index in [1.807, 2.05) is 12.1 Å². The van der Waals surface area contributed by atoms with Crippen LogP contribution in [0.4, 0.5) is 5.69 Å². The third-order valence-electron chi connectivity index (χ3n) is 5.90. The summed E-state index contributed by atoms with van der Waals surface area (Å²) >= 11 is 0. The minimum Gasteiger partial charge on any atom is -0.508 e. The maximum Gasteiger partial charge on any atom is 0.209 e. The van der Waals surface area contributed by atoms with Crippen LogP contribution < -0.4 is 4.74 Å². The fourth-order valence-electron chi connectivity index (χ4n) is 4.14. The van der Waals surface area contributed by atoms with Crippen LogP contribution in [-0.4, -0.2) is 28.5 Å². The molecule has 3 nitrogen and oxygen atoms in total. The first-order chi connectivity index (χ1) is 13.1. The van der Waals surface area contributed by atoms with Gasteiger partial charge >= 0.3 is 0 Å². The molecular formula is C24H32NO2+. The van der Waals surface area contributed by atoms with Crippen LogP contribution in [0.25, 0.3) is 0 Å². The summed E-state index contributed by atoms with van der Waals surface area (Å²) in [6, 6.07) is 15.8. The van der Waals surface area contributed by atoms with E-state index in [0.717, 1.165) is 18.7 Å². The highest BCUT2D eigenvalue weighted by atomic mass is 16.5. The quantitative estimate of drug-likeness (QED) is 0.448. The van der Waals surface area contributed by atoms with Crippen molar-refractivity contribution in [2.75, 3.05) is 13.2 Å². The first-order valence-electron chi connectivity index (χ1n) is 10.2. The smallest absolute Gasteiger partial charge is 0.209 e. The maximum absolute atomic E-state index is 9.36. The van der Waals surface area contributed by atoms with Gasteiger partial charge in [-0.25, -0.2) is 0 Å². The molecule has 1 aliphatic rings. The lowest BCUT2D eigenvalue weighted by atomic mass is 9.76. The minimum atomic E-state index is 0.142. The van der Waals surface area contributed by atoms with E-state index in [0.29, 0.717) is 6.61 Å². The van der Waals surface area contributed by atoms with Crippen molar-refractivity contribution in [1.82, 2.24) is 0 Å². The number of para-hydroxylation sites is 1. The molecule has 1 aliphatic heterocycles. The zero-order valence-electron chi connectivity index (χ0n) is 16.9. The second kappa shape index (κ2) is 8.60. The monoisotopic (exact) mass is 366 g/mol. The van der Waals surface area contributed by atoms with E-state index < -0.39 is 0 Å². The molecule has 1 heterocycles. The highest BCUT2D eigenvalue weighted by Crippen LogP contribution is 2.42. The zero-order valence-corrected chi connectivity index (χ0v) is 16.9. The minimum absolute atomic E-state index is 0.142. The normalized spacial score (nSPS) is 18.6. The van der Waals surface area contributed by atoms with Crippen molar-refractivity contribution in [3.63, 3.8) is 0 Å². The number of hydrogen-bond donors (Lipinski definition) is 1. The molecule has 0 aromatic heterocycles. The Balaban J connectivity index is 1.67. The van der Waals surface area contributed by atoms with Crippen molar-refractivity contribution in [3.05, 3.63) is 54.1 Å². The standard InChI is InChI=1S/C24H31NO2/c1-4-5-8-16-24(3)19(2)25(23-11-7-6-10-22(23)24)17-9-18-27-21-14-12-20(26)13-15-21/h6-7,10-15H,4-5,8-9,16-18H2,1-3H3/p+1. The van der Waals surface area contributed by atoms with Crippen LogP contribution in [0.15, 0.2) is 48.5 Å². The predicted molar refractivity (Wildman–Crippen MR) is 112 cm³/mol. The lowest BCUT2D eigenvalue weighted by Gasteiger charge is -2.22. The number of unbranched alkanes of at least 4 members (excludes halogenated alkanes) is 2. The molecule has 144 valence electrons. The summed E-state index contributed by atoms with van der Waals surface area (Å²) < 4.78 is 8.32. The van der Waals surface area contributed by atoms with E-state index in [-0.39, 0.29) is 11.2 Å². The van der Waals surface area contributed by atoms with Crippen LogP contribution in [0, 0.1) is 0 Å². The van der Waals surface area contributed by atoms with Crippen molar-refractivity contribution in [1.29, 1.82) is 0 Å². The highest BCUT2D eigenvalue weighted by molar-refractivity contribution is 5.93. The third-order valence-corrected chi connectivity index (χ3v) is 5.90. The summed E-state index contributed by atoms with van der Waals surface area (Å²) in [4.78, 5) is 0. The number of phenols is 1. The number of fused-ring (bicyclic) bond motifs is 1. The molecule has 1 unspecified atom stereocenters. The van der Waals surface area contributed by atoms with Gasteiger partial charge in [-0.3, -0.25) is 0 Å². The molecule has 0 radical (unpaired) electrons. The summed E-state index contributed by atoms with van der Waals surface area (Å²) in [5.74, 6) is 1.07. The van der Waals surface area contributed by atoms with Gasteiger partial charge in [-0.05, 0) is 37.6 Å². The Hall–Kier alpha value is -2.29. The van der Waals surface area contributed by atoms with Crippen molar-refractivity contribution < 1.29 is 14.4 Å². The highest BCUT2D eigenvalue weighted by Gasteiger charge is 2.45. The number of hydrogen-bond acceptors (Lipinski definition) is 2. The van der Waals surface area contributed by atoms with E-state index in [1.165, 1.54) is 42.6 Å². The van der Waals surface area contributed by atoms with E-state index in [2.05, 4.69) is 49.6 Å². The number of aromatic hydroxyl groups is 1. The summed E-state index contributed by atoms with van der Waals surface area (Å²) in [7, 11) is 0. The van der Waals surface area contributed by atoms with E-state index in [9.17, 15) is 5.11 Å². The Morgan fingerprint density at radius 1 is 1.00 bits per heavy atom. The number of phenolic OH excluding ortho intramolecular Hbond substituents is 1. The fourth-order valence-corrected chi connectivity index (χ4v) is 4.14. The molecule has 1 atom stereocenters. The summed E-state index contributed by atoms with van der Waals surface area (Å²) in [5.41, 5.74) is 4.44. The number of ether oxygens (including phenoxy) is 1. The van der Waals surface area contributed by atoms with Crippen molar-refractivity contribution >= 4 is 11.4 Å². The molecule has 2 aromatic carbocycles. The summed E-state index contributed by atoms with van der Waals surface area (Å²) in [6.45, 7) is 8.60. The molecule has 0 aliphatic carbocycles. The lowest BCUT2D eigenvalue weighted by Crippen LogP contribution is -2.30. The van der Waals surface area contributed by atoms with Crippen molar-refractivity contribution in [2.45, 2.75) is 58.3 Å². The van der Waals surface area contributed by atoms with Gasteiger partial charge in [0.05, 0.1) is 12.0 Å². The topological polar surface area (TPSA) is 32.5 Å². The van der Waals surface area contributed by atoms with E-state index >= 15 is 0 Å². The van der Waals surface area contributed by atoms with Crippen molar-refractivity contribution in [3.8, 4) is 11.5 Å². The first-order valence-corrected chi connectivity index (χ1v) is 10.2. The lowest BCUT2D eigenvalue weighted by molar-refractivity contribution is -0.440. The number of rotatable bonds is 9. The van der Waals surface area contributed by atoms with Crippen molar-refractivity contribution in [2.24, 2.45) is 0 Å². The summed E-state index contributed by atoms with van der Waals surface area (Å²) in [6.07, 6.45) is 6.00. The summed E-state index contributed by atoms with van der Waals surface area (Å²) in [5, 5.41) is 9.36. The molecule has 0 saturated carbocycles. The Morgan fingerprint density at radius 3 is 2.48 bits per heavy atom. The Kier molecular flexibility index (Phi) is 6.20. The van der Waals surface area contributed by atoms with Gasteiger partial charge in [-0.1, -0.05) is 44.4 Å². The largest absolute Gasteiger partial charge is 0.508 e. The molecule has 3 heteroatoms. The van der Waals surface area contributed by atoms with Gasteiger partial charge in [0.25, 0.3) is 0 Å². The van der Waals surface area contributed by atoms with Crippen LogP contribution in [0.5, 0.6) is 11.5 Å². The van der Waals surface area contributed by atoms with Gasteiger partial charge in [-0.2, -0.15) is 4.58 Å². The number of nitrogens with zero attached hydrogens (tertiary/aromatic N) is 1. The molecular weight excluding hydrogens is 334 g/mol. The molecule has 0 spiro atoms. The van der Waals surface area contributed by atoms with E-state index in [4.69, 9.17) is 4.74 Å². The van der Waals surface area contributed by atoms with Crippen LogP contribution in [-0.2, 0) is 5.41 Å². The molecule has 1 N–H and O–H groups in total. The molecule has 0 saturated heterocycles. The van der Waals surface area contributed by atoms with E-state index in [1.54, 1.807) is 12.1 Å². The van der Waals surface area contributed by atoms with Crippen LogP contribution in [0.1, 0.15) is 58.4 Å². The SMILES string of the molecule is CCCCCC1(C)C(C)=[N+](CCCOc2ccc(O)cc2)c2ccccc21. The zero-order chi connectivity index (χ0) is 19.3. The fraction of sp³-hybridized carbons (Fsp3) is 0.458. The second-order valence-corrected chi connectivity index (χ2v) is 7.74. The molecule has 2 aromatic rings. The molecule has 3 rings (SSSR count). The van der Waals surface area contributed by atoms with Gasteiger partial charge in [0.1, 0.15) is 11.5 Å². The van der Waals surface area contributed by atoms with Gasteiger partial charge in [-0.15, -0.1) is 0 Å². The van der Waals surface area contributed by atoms with Gasteiger partial charge < -0.3 is 9.84 Å². The Labute approximate surface area is 163 Å². The average Bonchev–Trinajstić information content (AvgIpc) is 2.89. The van der Waals surface area contributed by atoms with Crippen LogP contribution in [0.3, 0.4) is 0 Å². The first kappa shape index (κ1) is 19.5. The van der Waals surface area contributed by atoms with Crippen LogP contribution in [0.2, 0.25) is 0 Å². The maximum atomic E-state index is 9.36. The molecule has 0 fully saturated rings. The van der Waals surface area contributed by atoms with Gasteiger partial charge in [0.2, 0.25) is 5.69 Å². The Morgan fingerprint density at radius 2 is 1.74 bits per heavy atom. The Bertz CT molecular complexity index is 794. The molecule has 27 heavy (non-hydrogen) atoms. The third kappa shape index (κ3) is 4.18. The molecule has 0 amide bonds. The number of benzene rings is 2. The van der Waals surface area contributed by atoms with Crippen LogP contribution >= 0.6 is 0 Å². The predicted octanol–water partition coefficient (Wildman–Crippen LogP) is 5.82. The second-order valence-electron chi connectivity index (χ2n) is 7.74. The van der Waals surface area contributed by atoms with Gasteiger partial charge in [0.15, 0.2) is 12.3 Å². The average molecular weight is 367 g/mol. The molecule has 0 bridgehead atoms. The van der Waals surface area contributed by atoms with Gasteiger partial charge in [0, 0.05) is 25.0 Å².